The minimum Gasteiger partial charge on any atom is -0.497 e. The van der Waals surface area contributed by atoms with Gasteiger partial charge >= 0.3 is 5.76 Å². The molecule has 1 heterocycles. The molecular formula is C24H22ClF2N3O3. The lowest BCUT2D eigenvalue weighted by Crippen LogP contribution is -2.26. The van der Waals surface area contributed by atoms with E-state index < -0.39 is 17.4 Å². The number of H-pyrrole nitrogens is 1. The summed E-state index contributed by atoms with van der Waals surface area (Å²) in [4.78, 5) is 14.1. The second-order valence-corrected chi connectivity index (χ2v) is 7.30. The molecule has 0 fully saturated rings. The Balaban J connectivity index is 0.00000306. The predicted octanol–water partition coefficient (Wildman–Crippen LogP) is 5.18. The Morgan fingerprint density at radius 2 is 1.70 bits per heavy atom. The van der Waals surface area contributed by atoms with Crippen molar-refractivity contribution < 1.29 is 18.0 Å². The van der Waals surface area contributed by atoms with E-state index in [1.807, 2.05) is 55.5 Å². The maximum atomic E-state index is 13.8. The summed E-state index contributed by atoms with van der Waals surface area (Å²) < 4.78 is 37.2. The summed E-state index contributed by atoms with van der Waals surface area (Å²) in [5.41, 5.74) is 2.98. The molecule has 2 atom stereocenters. The number of aromatic nitrogens is 2. The van der Waals surface area contributed by atoms with E-state index >= 15 is 0 Å². The van der Waals surface area contributed by atoms with Gasteiger partial charge in [0.05, 0.1) is 13.2 Å². The topological polar surface area (TPSA) is 80.2 Å². The zero-order valence-electron chi connectivity index (χ0n) is 17.8. The quantitative estimate of drug-likeness (QED) is 0.386. The first kappa shape index (κ1) is 24.2. The summed E-state index contributed by atoms with van der Waals surface area (Å²) in [7, 11) is 1.59. The summed E-state index contributed by atoms with van der Waals surface area (Å²) in [6, 6.07) is 18.1. The maximum Gasteiger partial charge on any atom is 0.439 e. The molecule has 1 aromatic heterocycles. The highest BCUT2D eigenvalue weighted by Gasteiger charge is 2.23. The van der Waals surface area contributed by atoms with E-state index in [2.05, 4.69) is 20.0 Å². The fourth-order valence-electron chi connectivity index (χ4n) is 3.60. The van der Waals surface area contributed by atoms with Crippen LogP contribution in [0.4, 0.5) is 8.78 Å². The van der Waals surface area contributed by atoms with Crippen LogP contribution in [0.25, 0.3) is 11.4 Å². The minimum absolute atomic E-state index is 0. The van der Waals surface area contributed by atoms with E-state index in [1.165, 1.54) is 6.07 Å². The Morgan fingerprint density at radius 3 is 2.33 bits per heavy atom. The fourth-order valence-corrected chi connectivity index (χ4v) is 3.60. The molecule has 9 heteroatoms. The van der Waals surface area contributed by atoms with Crippen molar-refractivity contribution in [3.8, 4) is 17.1 Å². The summed E-state index contributed by atoms with van der Waals surface area (Å²) in [6.07, 6.45) is 0. The van der Waals surface area contributed by atoms with Crippen LogP contribution >= 0.6 is 12.4 Å². The van der Waals surface area contributed by atoms with E-state index in [1.54, 1.807) is 13.2 Å². The SMILES string of the molecule is COc1ccc(C(NC(C)c2ccc(F)c(F)c2)c2ccccc2-c2noc(=O)[nH]2)cc1.Cl. The van der Waals surface area contributed by atoms with Gasteiger partial charge in [0.25, 0.3) is 0 Å². The van der Waals surface area contributed by atoms with E-state index in [0.29, 0.717) is 22.7 Å². The lowest BCUT2D eigenvalue weighted by molar-refractivity contribution is 0.388. The van der Waals surface area contributed by atoms with Gasteiger partial charge in [0, 0.05) is 11.6 Å². The first-order valence-corrected chi connectivity index (χ1v) is 9.96. The molecule has 0 spiro atoms. The first-order chi connectivity index (χ1) is 15.5. The van der Waals surface area contributed by atoms with Crippen LogP contribution < -0.4 is 15.8 Å². The Hall–Kier alpha value is -3.49. The van der Waals surface area contributed by atoms with Crippen molar-refractivity contribution in [2.24, 2.45) is 0 Å². The number of nitrogens with zero attached hydrogens (tertiary/aromatic N) is 1. The van der Waals surface area contributed by atoms with Crippen molar-refractivity contribution in [2.75, 3.05) is 7.11 Å². The molecular weight excluding hydrogens is 452 g/mol. The predicted molar refractivity (Wildman–Crippen MR) is 123 cm³/mol. The molecule has 0 bridgehead atoms. The van der Waals surface area contributed by atoms with Gasteiger partial charge in [-0.2, -0.15) is 0 Å². The number of benzene rings is 3. The standard InChI is InChI=1S/C24H21F2N3O3.ClH/c1-14(16-9-12-20(25)21(26)13-16)27-22(15-7-10-17(31-2)11-8-15)18-5-3-4-6-19(18)23-28-24(30)32-29-23;/h3-14,22,27H,1-2H3,(H,28,29,30);1H. The number of hydrogen-bond acceptors (Lipinski definition) is 5. The third kappa shape index (κ3) is 5.30. The molecule has 0 saturated heterocycles. The number of methoxy groups -OCH3 is 1. The fraction of sp³-hybridized carbons (Fsp3) is 0.167. The van der Waals surface area contributed by atoms with Gasteiger partial charge in [-0.15, -0.1) is 12.4 Å². The monoisotopic (exact) mass is 473 g/mol. The van der Waals surface area contributed by atoms with Crippen molar-refractivity contribution in [3.05, 3.63) is 106 Å². The molecule has 0 aliphatic rings. The molecule has 0 aliphatic heterocycles. The van der Waals surface area contributed by atoms with Crippen LogP contribution in [0.5, 0.6) is 5.75 Å². The van der Waals surface area contributed by atoms with Crippen molar-refractivity contribution in [3.63, 3.8) is 0 Å². The molecule has 0 saturated carbocycles. The molecule has 6 nitrogen and oxygen atoms in total. The zero-order valence-corrected chi connectivity index (χ0v) is 18.7. The summed E-state index contributed by atoms with van der Waals surface area (Å²) in [5, 5.41) is 7.31. The van der Waals surface area contributed by atoms with Crippen molar-refractivity contribution >= 4 is 12.4 Å². The van der Waals surface area contributed by atoms with Gasteiger partial charge in [0.15, 0.2) is 17.5 Å². The first-order valence-electron chi connectivity index (χ1n) is 9.96. The van der Waals surface area contributed by atoms with E-state index in [-0.39, 0.29) is 24.5 Å². The maximum absolute atomic E-state index is 13.8. The zero-order chi connectivity index (χ0) is 22.7. The molecule has 0 radical (unpaired) electrons. The van der Waals surface area contributed by atoms with Crippen molar-refractivity contribution in [1.29, 1.82) is 0 Å². The number of aromatic amines is 1. The van der Waals surface area contributed by atoms with E-state index in [4.69, 9.17) is 4.74 Å². The van der Waals surface area contributed by atoms with Crippen LogP contribution in [0.15, 0.2) is 76.0 Å². The van der Waals surface area contributed by atoms with Gasteiger partial charge in [-0.05, 0) is 47.9 Å². The van der Waals surface area contributed by atoms with E-state index in [9.17, 15) is 13.6 Å². The average molecular weight is 474 g/mol. The second-order valence-electron chi connectivity index (χ2n) is 7.30. The number of nitrogens with one attached hydrogen (secondary N) is 2. The van der Waals surface area contributed by atoms with Crippen LogP contribution in [-0.4, -0.2) is 17.3 Å². The largest absolute Gasteiger partial charge is 0.497 e. The van der Waals surface area contributed by atoms with Crippen molar-refractivity contribution in [2.45, 2.75) is 19.0 Å². The third-order valence-electron chi connectivity index (χ3n) is 5.28. The Kier molecular flexibility index (Phi) is 7.63. The molecule has 4 rings (SSSR count). The highest BCUT2D eigenvalue weighted by Crippen LogP contribution is 2.33. The molecule has 3 aromatic carbocycles. The van der Waals surface area contributed by atoms with Crippen LogP contribution in [0.2, 0.25) is 0 Å². The van der Waals surface area contributed by atoms with Gasteiger partial charge in [0.1, 0.15) is 5.75 Å². The third-order valence-corrected chi connectivity index (χ3v) is 5.28. The van der Waals surface area contributed by atoms with Gasteiger partial charge in [-0.3, -0.25) is 14.8 Å². The van der Waals surface area contributed by atoms with Gasteiger partial charge in [-0.25, -0.2) is 13.6 Å². The summed E-state index contributed by atoms with van der Waals surface area (Å²) in [6.45, 7) is 1.86. The molecule has 172 valence electrons. The number of halogens is 3. The normalized spacial score (nSPS) is 12.6. The number of hydrogen-bond donors (Lipinski definition) is 2. The molecule has 33 heavy (non-hydrogen) atoms. The van der Waals surface area contributed by atoms with E-state index in [0.717, 1.165) is 17.2 Å². The Labute approximate surface area is 195 Å². The summed E-state index contributed by atoms with van der Waals surface area (Å²) >= 11 is 0. The smallest absolute Gasteiger partial charge is 0.439 e. The highest BCUT2D eigenvalue weighted by atomic mass is 35.5. The lowest BCUT2D eigenvalue weighted by atomic mass is 9.92. The molecule has 0 amide bonds. The van der Waals surface area contributed by atoms with Crippen LogP contribution in [-0.2, 0) is 0 Å². The molecule has 0 aliphatic carbocycles. The second kappa shape index (κ2) is 10.4. The Morgan fingerprint density at radius 1 is 1.00 bits per heavy atom. The number of rotatable bonds is 7. The van der Waals surface area contributed by atoms with Gasteiger partial charge in [-0.1, -0.05) is 47.6 Å². The average Bonchev–Trinajstić information content (AvgIpc) is 3.25. The van der Waals surface area contributed by atoms with Crippen LogP contribution in [0, 0.1) is 11.6 Å². The van der Waals surface area contributed by atoms with Gasteiger partial charge in [0.2, 0.25) is 0 Å². The summed E-state index contributed by atoms with van der Waals surface area (Å²) in [5.74, 6) is -1.45. The Bertz CT molecular complexity index is 1270. The highest BCUT2D eigenvalue weighted by molar-refractivity contribution is 5.85. The van der Waals surface area contributed by atoms with Crippen LogP contribution in [0.3, 0.4) is 0 Å². The molecule has 2 N–H and O–H groups in total. The molecule has 2 unspecified atom stereocenters. The van der Waals surface area contributed by atoms with Crippen LogP contribution in [0.1, 0.15) is 35.7 Å². The molecule has 4 aromatic rings. The number of ether oxygens (including phenoxy) is 1. The minimum atomic E-state index is -0.905. The van der Waals surface area contributed by atoms with Crippen molar-refractivity contribution in [1.82, 2.24) is 15.5 Å². The van der Waals surface area contributed by atoms with Gasteiger partial charge < -0.3 is 4.74 Å². The lowest BCUT2D eigenvalue weighted by Gasteiger charge is -2.26.